The summed E-state index contributed by atoms with van der Waals surface area (Å²) in [5.74, 6) is -0.408. The summed E-state index contributed by atoms with van der Waals surface area (Å²) in [5, 5.41) is 1.87. The predicted octanol–water partition coefficient (Wildman–Crippen LogP) is 4.52. The molecule has 3 rings (SSSR count). The second kappa shape index (κ2) is 7.54. The summed E-state index contributed by atoms with van der Waals surface area (Å²) in [7, 11) is 0. The molecule has 1 saturated heterocycles. The zero-order valence-electron chi connectivity index (χ0n) is 14.4. The minimum Gasteiger partial charge on any atom is -0.289 e. The average molecular weight is 363 g/mol. The van der Waals surface area contributed by atoms with Crippen LogP contribution in [-0.4, -0.2) is 16.9 Å². The van der Waals surface area contributed by atoms with Crippen LogP contribution < -0.4 is 5.32 Å². The van der Waals surface area contributed by atoms with Gasteiger partial charge in [0.2, 0.25) is 0 Å². The van der Waals surface area contributed by atoms with Gasteiger partial charge in [0.05, 0.1) is 4.91 Å². The van der Waals surface area contributed by atoms with Crippen molar-refractivity contribution in [3.8, 4) is 0 Å². The van der Waals surface area contributed by atoms with Gasteiger partial charge in [-0.1, -0.05) is 54.1 Å². The first kappa shape index (κ1) is 17.9. The van der Waals surface area contributed by atoms with E-state index in [4.69, 9.17) is 0 Å². The number of carbonyl (C=O) groups excluding carboxylic acids is 3. The molecule has 2 aromatic rings. The number of hydrogen-bond donors (Lipinski definition) is 1. The molecule has 2 amide bonds. The summed E-state index contributed by atoms with van der Waals surface area (Å²) < 4.78 is 0. The number of carbonyl (C=O) groups is 3. The highest BCUT2D eigenvalue weighted by Gasteiger charge is 2.24. The monoisotopic (exact) mass is 363 g/mol. The number of hydrogen-bond acceptors (Lipinski definition) is 4. The summed E-state index contributed by atoms with van der Waals surface area (Å²) in [6.07, 6.45) is 4.99. The molecule has 130 valence electrons. The van der Waals surface area contributed by atoms with Crippen molar-refractivity contribution in [2.45, 2.75) is 13.8 Å². The van der Waals surface area contributed by atoms with E-state index in [1.165, 1.54) is 0 Å². The van der Waals surface area contributed by atoms with Crippen molar-refractivity contribution < 1.29 is 14.4 Å². The Bertz CT molecular complexity index is 956. The van der Waals surface area contributed by atoms with Crippen LogP contribution in [0, 0.1) is 13.8 Å². The molecule has 5 heteroatoms. The molecule has 1 fully saturated rings. The number of rotatable bonds is 4. The Balaban J connectivity index is 1.72. The fourth-order valence-electron chi connectivity index (χ4n) is 2.63. The third kappa shape index (κ3) is 4.18. The Hall–Kier alpha value is -2.92. The van der Waals surface area contributed by atoms with E-state index in [-0.39, 0.29) is 16.9 Å². The SMILES string of the molecule is Cc1ccc(C(=O)/C=C/c2ccc(/C=C3\SC(=O)NC3=O)cc2)c(C)c1. The predicted molar refractivity (Wildman–Crippen MR) is 105 cm³/mol. The molecule has 0 unspecified atom stereocenters. The highest BCUT2D eigenvalue weighted by atomic mass is 32.2. The highest BCUT2D eigenvalue weighted by Crippen LogP contribution is 2.25. The first-order chi connectivity index (χ1) is 12.4. The Morgan fingerprint density at radius 1 is 1.00 bits per heavy atom. The van der Waals surface area contributed by atoms with Crippen molar-refractivity contribution >= 4 is 40.8 Å². The van der Waals surface area contributed by atoms with Gasteiger partial charge in [-0.05, 0) is 54.5 Å². The first-order valence-electron chi connectivity index (χ1n) is 8.07. The first-order valence-corrected chi connectivity index (χ1v) is 8.88. The summed E-state index contributed by atoms with van der Waals surface area (Å²) >= 11 is 0.890. The fraction of sp³-hybridized carbons (Fsp3) is 0.0952. The van der Waals surface area contributed by atoms with E-state index >= 15 is 0 Å². The van der Waals surface area contributed by atoms with Crippen molar-refractivity contribution in [2.75, 3.05) is 0 Å². The molecule has 26 heavy (non-hydrogen) atoms. The van der Waals surface area contributed by atoms with Gasteiger partial charge in [0.25, 0.3) is 11.1 Å². The maximum Gasteiger partial charge on any atom is 0.290 e. The lowest BCUT2D eigenvalue weighted by atomic mass is 10.0. The number of nitrogens with one attached hydrogen (secondary N) is 1. The maximum absolute atomic E-state index is 12.3. The number of imide groups is 1. The van der Waals surface area contributed by atoms with E-state index < -0.39 is 0 Å². The summed E-state index contributed by atoms with van der Waals surface area (Å²) in [6, 6.07) is 13.2. The zero-order valence-corrected chi connectivity index (χ0v) is 15.2. The van der Waals surface area contributed by atoms with E-state index in [1.54, 1.807) is 18.2 Å². The molecule has 0 bridgehead atoms. The molecule has 0 aromatic heterocycles. The van der Waals surface area contributed by atoms with Crippen molar-refractivity contribution in [1.29, 1.82) is 0 Å². The number of benzene rings is 2. The van der Waals surface area contributed by atoms with Crippen molar-refractivity contribution in [2.24, 2.45) is 0 Å². The molecule has 2 aromatic carbocycles. The summed E-state index contributed by atoms with van der Waals surface area (Å²) in [5.41, 5.74) is 4.48. The third-order valence-electron chi connectivity index (χ3n) is 3.95. The maximum atomic E-state index is 12.3. The van der Waals surface area contributed by atoms with Gasteiger partial charge in [-0.2, -0.15) is 0 Å². The Kier molecular flexibility index (Phi) is 5.19. The van der Waals surface area contributed by atoms with Gasteiger partial charge >= 0.3 is 0 Å². The average Bonchev–Trinajstić information content (AvgIpc) is 2.91. The van der Waals surface area contributed by atoms with Crippen molar-refractivity contribution in [3.05, 3.63) is 81.3 Å². The van der Waals surface area contributed by atoms with Gasteiger partial charge in [-0.3, -0.25) is 19.7 Å². The van der Waals surface area contributed by atoms with Crippen LogP contribution in [0.2, 0.25) is 0 Å². The molecular weight excluding hydrogens is 346 g/mol. The fourth-order valence-corrected chi connectivity index (χ4v) is 3.31. The van der Waals surface area contributed by atoms with Crippen LogP contribution in [0.3, 0.4) is 0 Å². The largest absolute Gasteiger partial charge is 0.290 e. The lowest BCUT2D eigenvalue weighted by Crippen LogP contribution is -2.17. The number of amides is 2. The normalized spacial score (nSPS) is 15.7. The smallest absolute Gasteiger partial charge is 0.289 e. The summed E-state index contributed by atoms with van der Waals surface area (Å²) in [6.45, 7) is 3.93. The van der Waals surface area contributed by atoms with Crippen molar-refractivity contribution in [3.63, 3.8) is 0 Å². The van der Waals surface area contributed by atoms with Crippen LogP contribution in [-0.2, 0) is 4.79 Å². The van der Waals surface area contributed by atoms with Gasteiger partial charge in [0, 0.05) is 5.56 Å². The minimum atomic E-state index is -0.372. The quantitative estimate of drug-likeness (QED) is 0.641. The molecule has 1 aliphatic rings. The van der Waals surface area contributed by atoms with Crippen LogP contribution in [0.4, 0.5) is 4.79 Å². The van der Waals surface area contributed by atoms with Crippen LogP contribution in [0.25, 0.3) is 12.2 Å². The van der Waals surface area contributed by atoms with Crippen LogP contribution in [0.5, 0.6) is 0 Å². The van der Waals surface area contributed by atoms with E-state index in [1.807, 2.05) is 56.3 Å². The molecule has 4 nitrogen and oxygen atoms in total. The second-order valence-corrected chi connectivity index (χ2v) is 7.05. The molecule has 0 radical (unpaired) electrons. The van der Waals surface area contributed by atoms with Gasteiger partial charge in [0.15, 0.2) is 5.78 Å². The molecule has 0 saturated carbocycles. The third-order valence-corrected chi connectivity index (χ3v) is 4.76. The lowest BCUT2D eigenvalue weighted by Gasteiger charge is -2.03. The molecule has 0 atom stereocenters. The lowest BCUT2D eigenvalue weighted by molar-refractivity contribution is -0.115. The van der Waals surface area contributed by atoms with E-state index in [2.05, 4.69) is 5.32 Å². The minimum absolute atomic E-state index is 0.0359. The van der Waals surface area contributed by atoms with Gasteiger partial charge in [-0.15, -0.1) is 0 Å². The Morgan fingerprint density at radius 3 is 2.31 bits per heavy atom. The van der Waals surface area contributed by atoms with Gasteiger partial charge in [-0.25, -0.2) is 0 Å². The molecule has 0 aliphatic carbocycles. The molecule has 1 heterocycles. The number of ketones is 1. The second-order valence-electron chi connectivity index (χ2n) is 6.03. The van der Waals surface area contributed by atoms with Crippen LogP contribution >= 0.6 is 11.8 Å². The Labute approximate surface area is 156 Å². The zero-order chi connectivity index (χ0) is 18.7. The topological polar surface area (TPSA) is 63.2 Å². The molecular formula is C21H17NO3S. The number of aryl methyl sites for hydroxylation is 2. The highest BCUT2D eigenvalue weighted by molar-refractivity contribution is 8.18. The van der Waals surface area contributed by atoms with E-state index in [0.717, 1.165) is 34.0 Å². The van der Waals surface area contributed by atoms with Gasteiger partial charge < -0.3 is 0 Å². The standard InChI is InChI=1S/C21H17NO3S/c1-13-3-9-17(14(2)11-13)18(23)10-8-15-4-6-16(7-5-15)12-19-20(24)22-21(25)26-19/h3-12H,1-2H3,(H,22,24,25)/b10-8+,19-12-. The van der Waals surface area contributed by atoms with E-state index in [0.29, 0.717) is 10.5 Å². The van der Waals surface area contributed by atoms with Crippen molar-refractivity contribution in [1.82, 2.24) is 5.32 Å². The number of allylic oxidation sites excluding steroid dienone is 1. The Morgan fingerprint density at radius 2 is 1.69 bits per heavy atom. The number of thioether (sulfide) groups is 1. The van der Waals surface area contributed by atoms with Gasteiger partial charge in [0.1, 0.15) is 0 Å². The molecule has 0 spiro atoms. The molecule has 1 N–H and O–H groups in total. The van der Waals surface area contributed by atoms with Crippen LogP contribution in [0.15, 0.2) is 53.4 Å². The van der Waals surface area contributed by atoms with E-state index in [9.17, 15) is 14.4 Å². The summed E-state index contributed by atoms with van der Waals surface area (Å²) in [4.78, 5) is 35.4. The van der Waals surface area contributed by atoms with Crippen LogP contribution in [0.1, 0.15) is 32.6 Å². The molecule has 1 aliphatic heterocycles.